The van der Waals surface area contributed by atoms with Crippen LogP contribution in [0.5, 0.6) is 0 Å². The highest BCUT2D eigenvalue weighted by molar-refractivity contribution is 7.09. The Hall–Kier alpha value is -1.14. The van der Waals surface area contributed by atoms with Crippen LogP contribution in [0.4, 0.5) is 0 Å². The maximum atomic E-state index is 4.68. The van der Waals surface area contributed by atoms with Gasteiger partial charge in [-0.1, -0.05) is 0 Å². The summed E-state index contributed by atoms with van der Waals surface area (Å²) >= 11 is 1.75. The zero-order chi connectivity index (χ0) is 18.7. The molecule has 0 spiro atoms. The first-order valence-corrected chi connectivity index (χ1v) is 10.5. The predicted molar refractivity (Wildman–Crippen MR) is 111 cm³/mol. The standard InChI is InChI=1S/C19H37N5S/c1-7-20-19(21-11-8-10-18-23-17(6)14-25-18)22-12-9-13-24(15(2)3)16(4)5/h14-16H,7-13H2,1-6H3,(H2,20,21,22). The second-order valence-corrected chi connectivity index (χ2v) is 7.90. The fourth-order valence-corrected chi connectivity index (χ4v) is 3.68. The van der Waals surface area contributed by atoms with Gasteiger partial charge >= 0.3 is 0 Å². The minimum absolute atomic E-state index is 0.594. The van der Waals surface area contributed by atoms with Crippen LogP contribution in [0.3, 0.4) is 0 Å². The van der Waals surface area contributed by atoms with Crippen LogP contribution in [-0.4, -0.2) is 54.1 Å². The summed E-state index contributed by atoms with van der Waals surface area (Å²) in [5, 5.41) is 10.1. The van der Waals surface area contributed by atoms with Crippen molar-refractivity contribution in [2.24, 2.45) is 4.99 Å². The molecule has 0 aliphatic rings. The lowest BCUT2D eigenvalue weighted by molar-refractivity contribution is 0.173. The zero-order valence-corrected chi connectivity index (χ0v) is 17.7. The average Bonchev–Trinajstić information content (AvgIpc) is 2.95. The maximum absolute atomic E-state index is 4.68. The molecule has 1 aromatic rings. The number of hydrogen-bond donors (Lipinski definition) is 2. The molecule has 2 N–H and O–H groups in total. The third kappa shape index (κ3) is 9.21. The molecule has 0 aliphatic heterocycles. The maximum Gasteiger partial charge on any atom is 0.191 e. The van der Waals surface area contributed by atoms with Crippen molar-refractivity contribution in [1.82, 2.24) is 20.5 Å². The smallest absolute Gasteiger partial charge is 0.191 e. The van der Waals surface area contributed by atoms with Gasteiger partial charge in [-0.3, -0.25) is 9.89 Å². The van der Waals surface area contributed by atoms with Crippen LogP contribution in [0.2, 0.25) is 0 Å². The lowest BCUT2D eigenvalue weighted by atomic mass is 10.2. The number of nitrogens with zero attached hydrogens (tertiary/aromatic N) is 3. The topological polar surface area (TPSA) is 52.6 Å². The molecular weight excluding hydrogens is 330 g/mol. The van der Waals surface area contributed by atoms with Crippen LogP contribution in [-0.2, 0) is 6.42 Å². The third-order valence-electron chi connectivity index (χ3n) is 4.04. The van der Waals surface area contributed by atoms with Crippen LogP contribution in [0.15, 0.2) is 10.4 Å². The molecule has 0 amide bonds. The van der Waals surface area contributed by atoms with E-state index in [1.807, 2.05) is 6.92 Å². The van der Waals surface area contributed by atoms with Crippen molar-refractivity contribution < 1.29 is 0 Å². The molecule has 1 rings (SSSR count). The number of aryl methyl sites for hydroxylation is 2. The molecule has 0 unspecified atom stereocenters. The van der Waals surface area contributed by atoms with E-state index >= 15 is 0 Å². The van der Waals surface area contributed by atoms with Crippen LogP contribution in [0.25, 0.3) is 0 Å². The molecule has 25 heavy (non-hydrogen) atoms. The summed E-state index contributed by atoms with van der Waals surface area (Å²) in [5.74, 6) is 0.929. The van der Waals surface area contributed by atoms with Crippen molar-refractivity contribution in [2.45, 2.75) is 72.9 Å². The van der Waals surface area contributed by atoms with E-state index in [0.29, 0.717) is 12.1 Å². The van der Waals surface area contributed by atoms with E-state index < -0.39 is 0 Å². The summed E-state index contributed by atoms with van der Waals surface area (Å²) in [4.78, 5) is 11.7. The Labute approximate surface area is 158 Å². The second kappa shape index (κ2) is 12.3. The van der Waals surface area contributed by atoms with Crippen LogP contribution < -0.4 is 10.6 Å². The minimum Gasteiger partial charge on any atom is -0.357 e. The summed E-state index contributed by atoms with van der Waals surface area (Å²) in [6, 6.07) is 1.19. The normalized spacial score (nSPS) is 12.4. The summed E-state index contributed by atoms with van der Waals surface area (Å²) in [6.07, 6.45) is 3.18. The van der Waals surface area contributed by atoms with Gasteiger partial charge in [0.25, 0.3) is 0 Å². The molecule has 0 bridgehead atoms. The molecule has 0 saturated carbocycles. The lowest BCUT2D eigenvalue weighted by Crippen LogP contribution is -2.41. The Morgan fingerprint density at radius 1 is 1.20 bits per heavy atom. The number of aliphatic imine (C=N–C) groups is 1. The van der Waals surface area contributed by atoms with Gasteiger partial charge in [0.1, 0.15) is 0 Å². The van der Waals surface area contributed by atoms with E-state index in [1.54, 1.807) is 11.3 Å². The summed E-state index contributed by atoms with van der Waals surface area (Å²) < 4.78 is 0. The van der Waals surface area contributed by atoms with Crippen LogP contribution >= 0.6 is 11.3 Å². The SMILES string of the molecule is CCNC(=NCCCc1nc(C)cs1)NCCCN(C(C)C)C(C)C. The number of thiazole rings is 1. The van der Waals surface area contributed by atoms with Crippen molar-refractivity contribution in [3.05, 3.63) is 16.1 Å². The molecule has 0 fully saturated rings. The molecule has 6 heteroatoms. The average molecular weight is 368 g/mol. The van der Waals surface area contributed by atoms with E-state index in [1.165, 1.54) is 5.01 Å². The highest BCUT2D eigenvalue weighted by Gasteiger charge is 2.12. The quantitative estimate of drug-likeness (QED) is 0.357. The van der Waals surface area contributed by atoms with Crippen molar-refractivity contribution in [3.63, 3.8) is 0 Å². The molecule has 1 aromatic heterocycles. The van der Waals surface area contributed by atoms with Crippen LogP contribution in [0.1, 0.15) is 58.2 Å². The molecule has 0 radical (unpaired) electrons. The fourth-order valence-electron chi connectivity index (χ4n) is 2.86. The van der Waals surface area contributed by atoms with Gasteiger partial charge < -0.3 is 10.6 Å². The number of hydrogen-bond acceptors (Lipinski definition) is 4. The Kier molecular flexibility index (Phi) is 10.7. The van der Waals surface area contributed by atoms with E-state index in [-0.39, 0.29) is 0 Å². The monoisotopic (exact) mass is 367 g/mol. The van der Waals surface area contributed by atoms with Gasteiger partial charge in [-0.2, -0.15) is 0 Å². The summed E-state index contributed by atoms with van der Waals surface area (Å²) in [7, 11) is 0. The Balaban J connectivity index is 2.30. The Morgan fingerprint density at radius 3 is 2.48 bits per heavy atom. The van der Waals surface area contributed by atoms with Crippen molar-refractivity contribution >= 4 is 17.3 Å². The number of rotatable bonds is 11. The highest BCUT2D eigenvalue weighted by atomic mass is 32.1. The first kappa shape index (κ1) is 21.9. The predicted octanol–water partition coefficient (Wildman–Crippen LogP) is 3.45. The van der Waals surface area contributed by atoms with Gasteiger partial charge in [0.15, 0.2) is 5.96 Å². The van der Waals surface area contributed by atoms with Gasteiger partial charge in [-0.15, -0.1) is 11.3 Å². The van der Waals surface area contributed by atoms with E-state index in [2.05, 4.69) is 65.5 Å². The first-order chi connectivity index (χ1) is 11.9. The Morgan fingerprint density at radius 2 is 1.92 bits per heavy atom. The molecular formula is C19H37N5S. The molecule has 144 valence electrons. The summed E-state index contributed by atoms with van der Waals surface area (Å²) in [5.41, 5.74) is 1.12. The third-order valence-corrected chi connectivity index (χ3v) is 5.07. The molecule has 0 saturated heterocycles. The number of aromatic nitrogens is 1. The second-order valence-electron chi connectivity index (χ2n) is 6.95. The van der Waals surface area contributed by atoms with Gasteiger partial charge in [0, 0.05) is 55.8 Å². The van der Waals surface area contributed by atoms with Gasteiger partial charge in [0.05, 0.1) is 5.01 Å². The van der Waals surface area contributed by atoms with Crippen LogP contribution in [0, 0.1) is 6.92 Å². The molecule has 1 heterocycles. The lowest BCUT2D eigenvalue weighted by Gasteiger charge is -2.30. The van der Waals surface area contributed by atoms with Crippen molar-refractivity contribution in [1.29, 1.82) is 0 Å². The highest BCUT2D eigenvalue weighted by Crippen LogP contribution is 2.10. The first-order valence-electron chi connectivity index (χ1n) is 9.63. The van der Waals surface area contributed by atoms with E-state index in [0.717, 1.165) is 57.1 Å². The minimum atomic E-state index is 0.594. The largest absolute Gasteiger partial charge is 0.357 e. The Bertz CT molecular complexity index is 488. The van der Waals surface area contributed by atoms with E-state index in [4.69, 9.17) is 0 Å². The van der Waals surface area contributed by atoms with Gasteiger partial charge in [-0.05, 0) is 54.4 Å². The molecule has 0 aromatic carbocycles. The van der Waals surface area contributed by atoms with Crippen molar-refractivity contribution in [3.8, 4) is 0 Å². The molecule has 5 nitrogen and oxygen atoms in total. The zero-order valence-electron chi connectivity index (χ0n) is 16.9. The van der Waals surface area contributed by atoms with Gasteiger partial charge in [0.2, 0.25) is 0 Å². The fraction of sp³-hybridized carbons (Fsp3) is 0.789. The van der Waals surface area contributed by atoms with Gasteiger partial charge in [-0.25, -0.2) is 4.98 Å². The molecule has 0 aliphatic carbocycles. The van der Waals surface area contributed by atoms with E-state index in [9.17, 15) is 0 Å². The number of guanidine groups is 1. The summed E-state index contributed by atoms with van der Waals surface area (Å²) in [6.45, 7) is 17.0. The van der Waals surface area contributed by atoms with Crippen molar-refractivity contribution in [2.75, 3.05) is 26.2 Å². The molecule has 0 atom stereocenters. The number of nitrogens with one attached hydrogen (secondary N) is 2.